The van der Waals surface area contributed by atoms with E-state index >= 15 is 0 Å². The lowest BCUT2D eigenvalue weighted by Crippen LogP contribution is -2.16. The zero-order chi connectivity index (χ0) is 25.0. The van der Waals surface area contributed by atoms with E-state index in [1.807, 2.05) is 0 Å². The molecule has 0 unspecified atom stereocenters. The number of rotatable bonds is 8. The van der Waals surface area contributed by atoms with E-state index in [2.05, 4.69) is 10.4 Å². The van der Waals surface area contributed by atoms with Crippen LogP contribution in [0, 0.1) is 22.9 Å². The minimum Gasteiger partial charge on any atom is -0.465 e. The molecule has 3 aromatic rings. The van der Waals surface area contributed by atoms with Gasteiger partial charge < -0.3 is 19.5 Å². The third-order valence-electron chi connectivity index (χ3n) is 4.48. The number of hydrogen-bond acceptors (Lipinski definition) is 10. The Bertz CT molecular complexity index is 1290. The van der Waals surface area contributed by atoms with Gasteiger partial charge in [0.25, 0.3) is 5.91 Å². The van der Waals surface area contributed by atoms with Gasteiger partial charge in [-0.2, -0.15) is 5.10 Å². The van der Waals surface area contributed by atoms with Gasteiger partial charge in [-0.15, -0.1) is 11.3 Å². The normalized spacial score (nSPS) is 10.5. The molecule has 0 aliphatic carbocycles. The summed E-state index contributed by atoms with van der Waals surface area (Å²) in [6.07, 6.45) is 1.36. The standard InChI is InChI=1S/C20H17FN4O8S/c1-10-15(19(27)31-2)18(34-16(10)20(28)32-3)22-17(26)12-6-7-24(23-12)9-33-14-8-11(21)4-5-13(14)25(29)30/h4-8H,9H2,1-3H3,(H,22,26). The highest BCUT2D eigenvalue weighted by Crippen LogP contribution is 2.34. The first kappa shape index (κ1) is 24.3. The van der Waals surface area contributed by atoms with Crippen LogP contribution in [0.15, 0.2) is 30.5 Å². The lowest BCUT2D eigenvalue weighted by Gasteiger charge is -2.07. The fourth-order valence-corrected chi connectivity index (χ4v) is 3.96. The summed E-state index contributed by atoms with van der Waals surface area (Å²) in [5, 5.41) is 17.7. The van der Waals surface area contributed by atoms with Crippen LogP contribution in [-0.4, -0.2) is 46.8 Å². The highest BCUT2D eigenvalue weighted by Gasteiger charge is 2.27. The maximum absolute atomic E-state index is 13.4. The molecule has 12 nitrogen and oxygen atoms in total. The van der Waals surface area contributed by atoms with Gasteiger partial charge in [-0.05, 0) is 24.6 Å². The molecule has 0 spiro atoms. The molecular formula is C20H17FN4O8S. The van der Waals surface area contributed by atoms with Gasteiger partial charge in [0.15, 0.2) is 12.4 Å². The molecule has 0 aliphatic rings. The maximum atomic E-state index is 13.4. The summed E-state index contributed by atoms with van der Waals surface area (Å²) in [6, 6.07) is 4.10. The zero-order valence-corrected chi connectivity index (χ0v) is 18.8. The van der Waals surface area contributed by atoms with Crippen LogP contribution in [0.25, 0.3) is 0 Å². The van der Waals surface area contributed by atoms with Crippen molar-refractivity contribution >= 4 is 39.9 Å². The van der Waals surface area contributed by atoms with Crippen LogP contribution in [0.5, 0.6) is 5.75 Å². The number of nitro benzene ring substituents is 1. The Kier molecular flexibility index (Phi) is 7.21. The number of nitrogens with zero attached hydrogens (tertiary/aromatic N) is 3. The Hall–Kier alpha value is -4.33. The summed E-state index contributed by atoms with van der Waals surface area (Å²) in [7, 11) is 2.35. The summed E-state index contributed by atoms with van der Waals surface area (Å²) in [5.74, 6) is -3.17. The summed E-state index contributed by atoms with van der Waals surface area (Å²) >= 11 is 0.840. The average molecular weight is 492 g/mol. The molecule has 2 aromatic heterocycles. The summed E-state index contributed by atoms with van der Waals surface area (Å²) in [5.41, 5.74) is -0.229. The van der Waals surface area contributed by atoms with Crippen molar-refractivity contribution in [2.75, 3.05) is 19.5 Å². The number of amides is 1. The van der Waals surface area contributed by atoms with Gasteiger partial charge in [0.2, 0.25) is 5.75 Å². The predicted molar refractivity (Wildman–Crippen MR) is 116 cm³/mol. The van der Waals surface area contributed by atoms with Crippen molar-refractivity contribution in [2.45, 2.75) is 13.7 Å². The number of methoxy groups -OCH3 is 2. The second-order valence-electron chi connectivity index (χ2n) is 6.58. The fourth-order valence-electron chi connectivity index (χ4n) is 2.85. The summed E-state index contributed by atoms with van der Waals surface area (Å²) in [6.45, 7) is 1.16. The lowest BCUT2D eigenvalue weighted by molar-refractivity contribution is -0.386. The van der Waals surface area contributed by atoms with Crippen molar-refractivity contribution in [3.8, 4) is 5.75 Å². The molecule has 3 rings (SSSR count). The van der Waals surface area contributed by atoms with E-state index in [0.717, 1.165) is 41.3 Å². The number of carbonyl (C=O) groups excluding carboxylic acids is 3. The molecule has 0 atom stereocenters. The SMILES string of the molecule is COC(=O)c1sc(NC(=O)c2ccn(COc3cc(F)ccc3[N+](=O)[O-])n2)c(C(=O)OC)c1C. The molecule has 0 saturated heterocycles. The Balaban J connectivity index is 1.78. The van der Waals surface area contributed by atoms with Gasteiger partial charge in [0.05, 0.1) is 24.7 Å². The van der Waals surface area contributed by atoms with E-state index in [4.69, 9.17) is 14.2 Å². The molecule has 0 fully saturated rings. The van der Waals surface area contributed by atoms with Crippen molar-refractivity contribution in [3.63, 3.8) is 0 Å². The van der Waals surface area contributed by atoms with Crippen LogP contribution in [0.4, 0.5) is 15.1 Å². The molecule has 1 aromatic carbocycles. The largest absolute Gasteiger partial charge is 0.465 e. The first-order valence-corrected chi connectivity index (χ1v) is 10.2. The molecule has 0 aliphatic heterocycles. The van der Waals surface area contributed by atoms with E-state index in [-0.39, 0.29) is 39.2 Å². The number of aromatic nitrogens is 2. The van der Waals surface area contributed by atoms with Gasteiger partial charge in [0, 0.05) is 18.3 Å². The highest BCUT2D eigenvalue weighted by atomic mass is 32.1. The summed E-state index contributed by atoms with van der Waals surface area (Å²) < 4.78 is 29.3. The number of anilines is 1. The molecule has 0 bridgehead atoms. The quantitative estimate of drug-likeness (QED) is 0.284. The van der Waals surface area contributed by atoms with E-state index < -0.39 is 34.3 Å². The minimum absolute atomic E-state index is 0.00225. The van der Waals surface area contributed by atoms with Crippen molar-refractivity contribution in [2.24, 2.45) is 0 Å². The molecule has 178 valence electrons. The first-order valence-electron chi connectivity index (χ1n) is 9.37. The Morgan fingerprint density at radius 1 is 1.21 bits per heavy atom. The molecule has 34 heavy (non-hydrogen) atoms. The number of esters is 2. The number of thiophene rings is 1. The van der Waals surface area contributed by atoms with Crippen LogP contribution in [0.3, 0.4) is 0 Å². The van der Waals surface area contributed by atoms with Gasteiger partial charge in [-0.1, -0.05) is 0 Å². The third-order valence-corrected chi connectivity index (χ3v) is 5.67. The molecule has 0 radical (unpaired) electrons. The average Bonchev–Trinajstić information content (AvgIpc) is 3.41. The number of benzene rings is 1. The topological polar surface area (TPSA) is 152 Å². The maximum Gasteiger partial charge on any atom is 0.348 e. The predicted octanol–water partition coefficient (Wildman–Crippen LogP) is 3.16. The Labute approximate surface area is 195 Å². The monoisotopic (exact) mass is 492 g/mol. The molecular weight excluding hydrogens is 475 g/mol. The molecule has 1 amide bonds. The van der Waals surface area contributed by atoms with Crippen molar-refractivity contribution < 1.29 is 37.9 Å². The van der Waals surface area contributed by atoms with E-state index in [0.29, 0.717) is 0 Å². The van der Waals surface area contributed by atoms with Crippen LogP contribution in [0.2, 0.25) is 0 Å². The van der Waals surface area contributed by atoms with Gasteiger partial charge in [-0.25, -0.2) is 18.7 Å². The minimum atomic E-state index is -0.755. The van der Waals surface area contributed by atoms with Gasteiger partial charge in [0.1, 0.15) is 15.7 Å². The van der Waals surface area contributed by atoms with E-state index in [1.165, 1.54) is 26.3 Å². The number of ether oxygens (including phenoxy) is 3. The third kappa shape index (κ3) is 5.01. The first-order chi connectivity index (χ1) is 16.2. The number of nitro groups is 1. The molecule has 1 N–H and O–H groups in total. The molecule has 2 heterocycles. The van der Waals surface area contributed by atoms with Crippen LogP contribution in [0.1, 0.15) is 36.1 Å². The second kappa shape index (κ2) is 10.1. The van der Waals surface area contributed by atoms with Crippen LogP contribution < -0.4 is 10.1 Å². The van der Waals surface area contributed by atoms with E-state index in [9.17, 15) is 28.9 Å². The van der Waals surface area contributed by atoms with Crippen molar-refractivity contribution in [3.05, 3.63) is 68.1 Å². The second-order valence-corrected chi connectivity index (χ2v) is 7.60. The zero-order valence-electron chi connectivity index (χ0n) is 18.0. The smallest absolute Gasteiger partial charge is 0.348 e. The number of nitrogens with one attached hydrogen (secondary N) is 1. The Morgan fingerprint density at radius 3 is 2.56 bits per heavy atom. The van der Waals surface area contributed by atoms with Crippen LogP contribution >= 0.6 is 11.3 Å². The number of hydrogen-bond donors (Lipinski definition) is 1. The lowest BCUT2D eigenvalue weighted by atomic mass is 10.1. The van der Waals surface area contributed by atoms with Gasteiger partial charge >= 0.3 is 17.6 Å². The van der Waals surface area contributed by atoms with Crippen molar-refractivity contribution in [1.82, 2.24) is 9.78 Å². The van der Waals surface area contributed by atoms with Crippen LogP contribution in [-0.2, 0) is 16.2 Å². The van der Waals surface area contributed by atoms with Crippen molar-refractivity contribution in [1.29, 1.82) is 0 Å². The fraction of sp³-hybridized carbons (Fsp3) is 0.200. The number of carbonyl (C=O) groups is 3. The highest BCUT2D eigenvalue weighted by molar-refractivity contribution is 7.18. The Morgan fingerprint density at radius 2 is 1.91 bits per heavy atom. The molecule has 14 heteroatoms. The molecule has 0 saturated carbocycles. The van der Waals surface area contributed by atoms with E-state index in [1.54, 1.807) is 0 Å². The number of halogens is 1. The van der Waals surface area contributed by atoms with Gasteiger partial charge in [-0.3, -0.25) is 14.9 Å². The summed E-state index contributed by atoms with van der Waals surface area (Å²) in [4.78, 5) is 47.3.